The second-order valence-corrected chi connectivity index (χ2v) is 5.28. The summed E-state index contributed by atoms with van der Waals surface area (Å²) in [6.07, 6.45) is 1.87. The number of rotatable bonds is 6. The van der Waals surface area contributed by atoms with Crippen molar-refractivity contribution in [2.24, 2.45) is 0 Å². The molecule has 2 aromatic heterocycles. The maximum absolute atomic E-state index is 4.44. The van der Waals surface area contributed by atoms with E-state index in [1.165, 1.54) is 5.56 Å². The first-order valence-electron chi connectivity index (χ1n) is 6.48. The molecule has 1 N–H and O–H groups in total. The summed E-state index contributed by atoms with van der Waals surface area (Å²) in [5.74, 6) is 0.982. The van der Waals surface area contributed by atoms with Gasteiger partial charge in [0.05, 0.1) is 17.7 Å². The Labute approximate surface area is 118 Å². The quantitative estimate of drug-likeness (QED) is 0.881. The van der Waals surface area contributed by atoms with Gasteiger partial charge in [-0.3, -0.25) is 0 Å². The van der Waals surface area contributed by atoms with Gasteiger partial charge in [0.25, 0.3) is 0 Å². The van der Waals surface area contributed by atoms with Crippen molar-refractivity contribution in [2.75, 3.05) is 18.5 Å². The van der Waals surface area contributed by atoms with Gasteiger partial charge in [-0.1, -0.05) is 6.92 Å². The molecule has 0 spiro atoms. The van der Waals surface area contributed by atoms with Crippen LogP contribution in [0.3, 0.4) is 0 Å². The van der Waals surface area contributed by atoms with E-state index in [4.69, 9.17) is 0 Å². The summed E-state index contributed by atoms with van der Waals surface area (Å²) in [6.45, 7) is 6.04. The lowest BCUT2D eigenvalue weighted by molar-refractivity contribution is 0.597. The van der Waals surface area contributed by atoms with Crippen molar-refractivity contribution >= 4 is 17.2 Å². The van der Waals surface area contributed by atoms with E-state index < -0.39 is 0 Å². The van der Waals surface area contributed by atoms with Gasteiger partial charge in [0, 0.05) is 24.7 Å². The third kappa shape index (κ3) is 3.75. The van der Waals surface area contributed by atoms with Gasteiger partial charge in [-0.15, -0.1) is 11.3 Å². The highest BCUT2D eigenvalue weighted by Gasteiger charge is 2.09. The highest BCUT2D eigenvalue weighted by Crippen LogP contribution is 2.18. The molecule has 2 aromatic rings. The first-order chi connectivity index (χ1) is 9.20. The summed E-state index contributed by atoms with van der Waals surface area (Å²) in [5.41, 5.74) is 4.21. The van der Waals surface area contributed by atoms with Crippen LogP contribution in [0.15, 0.2) is 29.2 Å². The Morgan fingerprint density at radius 2 is 2.26 bits per heavy atom. The summed E-state index contributed by atoms with van der Waals surface area (Å²) < 4.78 is 0. The fourth-order valence-corrected chi connectivity index (χ4v) is 2.53. The summed E-state index contributed by atoms with van der Waals surface area (Å²) in [7, 11) is 2.05. The van der Waals surface area contributed by atoms with E-state index in [1.807, 2.05) is 18.8 Å². The maximum atomic E-state index is 4.44. The van der Waals surface area contributed by atoms with Crippen molar-refractivity contribution in [1.29, 1.82) is 0 Å². The lowest BCUT2D eigenvalue weighted by atomic mass is 10.1. The van der Waals surface area contributed by atoms with Crippen LogP contribution in [0.25, 0.3) is 0 Å². The topological polar surface area (TPSA) is 41.1 Å². The number of aromatic nitrogens is 2. The monoisotopic (exact) mass is 276 g/mol. The smallest absolute Gasteiger partial charge is 0.128 e. The predicted molar refractivity (Wildman–Crippen MR) is 80.5 cm³/mol. The number of nitrogens with zero attached hydrogens (tertiary/aromatic N) is 3. The molecule has 0 aliphatic carbocycles. The van der Waals surface area contributed by atoms with E-state index in [1.54, 1.807) is 11.3 Å². The largest absolute Gasteiger partial charge is 0.354 e. The minimum absolute atomic E-state index is 0.347. The Bertz CT molecular complexity index is 498. The number of anilines is 1. The molecule has 19 heavy (non-hydrogen) atoms. The molecule has 0 saturated carbocycles. The number of hydrogen-bond acceptors (Lipinski definition) is 5. The maximum Gasteiger partial charge on any atom is 0.128 e. The van der Waals surface area contributed by atoms with Gasteiger partial charge in [0.15, 0.2) is 0 Å². The second kappa shape index (κ2) is 6.63. The van der Waals surface area contributed by atoms with Crippen molar-refractivity contribution in [1.82, 2.24) is 15.3 Å². The summed E-state index contributed by atoms with van der Waals surface area (Å²) >= 11 is 1.62. The minimum Gasteiger partial charge on any atom is -0.354 e. The highest BCUT2D eigenvalue weighted by molar-refractivity contribution is 7.07. The Morgan fingerprint density at radius 3 is 2.95 bits per heavy atom. The lowest BCUT2D eigenvalue weighted by Gasteiger charge is -2.19. The molecule has 0 bridgehead atoms. The molecular weight excluding hydrogens is 256 g/mol. The SMILES string of the molecule is CCNC(C)c1ccnc(N(C)Cc2cscn2)c1. The van der Waals surface area contributed by atoms with Gasteiger partial charge in [0.1, 0.15) is 5.82 Å². The van der Waals surface area contributed by atoms with E-state index >= 15 is 0 Å². The first kappa shape index (κ1) is 14.0. The average molecular weight is 276 g/mol. The molecule has 0 aromatic carbocycles. The predicted octanol–water partition coefficient (Wildman–Crippen LogP) is 2.85. The molecule has 2 rings (SSSR count). The fraction of sp³-hybridized carbons (Fsp3) is 0.429. The van der Waals surface area contributed by atoms with Crippen LogP contribution in [-0.2, 0) is 6.54 Å². The minimum atomic E-state index is 0.347. The molecule has 1 atom stereocenters. The molecule has 0 radical (unpaired) electrons. The van der Waals surface area contributed by atoms with Gasteiger partial charge in [0.2, 0.25) is 0 Å². The zero-order chi connectivity index (χ0) is 13.7. The highest BCUT2D eigenvalue weighted by atomic mass is 32.1. The van der Waals surface area contributed by atoms with Crippen LogP contribution in [0.4, 0.5) is 5.82 Å². The molecule has 102 valence electrons. The van der Waals surface area contributed by atoms with Gasteiger partial charge < -0.3 is 10.2 Å². The molecule has 5 heteroatoms. The zero-order valence-corrected chi connectivity index (χ0v) is 12.4. The number of hydrogen-bond donors (Lipinski definition) is 1. The van der Waals surface area contributed by atoms with Crippen molar-refractivity contribution in [3.8, 4) is 0 Å². The van der Waals surface area contributed by atoms with Crippen LogP contribution in [0.1, 0.15) is 31.1 Å². The van der Waals surface area contributed by atoms with Crippen LogP contribution >= 0.6 is 11.3 Å². The Morgan fingerprint density at radius 1 is 1.42 bits per heavy atom. The van der Waals surface area contributed by atoms with E-state index in [-0.39, 0.29) is 0 Å². The molecule has 1 unspecified atom stereocenters. The Hall–Kier alpha value is -1.46. The van der Waals surface area contributed by atoms with Crippen molar-refractivity contribution in [3.63, 3.8) is 0 Å². The standard InChI is InChI=1S/C14H20N4S/c1-4-15-11(2)12-5-6-16-14(7-12)18(3)8-13-9-19-10-17-13/h5-7,9-11,15H,4,8H2,1-3H3. The molecule has 0 saturated heterocycles. The number of thiazole rings is 1. The van der Waals surface area contributed by atoms with E-state index in [0.29, 0.717) is 6.04 Å². The number of nitrogens with one attached hydrogen (secondary N) is 1. The van der Waals surface area contributed by atoms with E-state index in [9.17, 15) is 0 Å². The lowest BCUT2D eigenvalue weighted by Crippen LogP contribution is -2.20. The zero-order valence-electron chi connectivity index (χ0n) is 11.6. The van der Waals surface area contributed by atoms with Gasteiger partial charge in [-0.25, -0.2) is 9.97 Å². The normalized spacial score (nSPS) is 12.4. The Balaban J connectivity index is 2.09. The van der Waals surface area contributed by atoms with Crippen LogP contribution in [-0.4, -0.2) is 23.6 Å². The van der Waals surface area contributed by atoms with Gasteiger partial charge >= 0.3 is 0 Å². The van der Waals surface area contributed by atoms with Crippen LogP contribution in [0, 0.1) is 0 Å². The number of pyridine rings is 1. The summed E-state index contributed by atoms with van der Waals surface area (Å²) in [4.78, 5) is 10.9. The molecular formula is C14H20N4S. The molecule has 0 amide bonds. The average Bonchev–Trinajstić information content (AvgIpc) is 2.92. The Kier molecular flexibility index (Phi) is 4.87. The van der Waals surface area contributed by atoms with Crippen LogP contribution in [0.2, 0.25) is 0 Å². The van der Waals surface area contributed by atoms with Crippen molar-refractivity contribution < 1.29 is 0 Å². The molecule has 4 nitrogen and oxygen atoms in total. The summed E-state index contributed by atoms with van der Waals surface area (Å²) in [5, 5.41) is 5.49. The van der Waals surface area contributed by atoms with Gasteiger partial charge in [-0.2, -0.15) is 0 Å². The van der Waals surface area contributed by atoms with Crippen molar-refractivity contribution in [2.45, 2.75) is 26.4 Å². The van der Waals surface area contributed by atoms with E-state index in [2.05, 4.69) is 51.5 Å². The summed E-state index contributed by atoms with van der Waals surface area (Å²) in [6, 6.07) is 4.55. The molecule has 0 fully saturated rings. The first-order valence-corrected chi connectivity index (χ1v) is 7.42. The molecule has 0 aliphatic heterocycles. The van der Waals surface area contributed by atoms with Gasteiger partial charge in [-0.05, 0) is 31.2 Å². The fourth-order valence-electron chi connectivity index (χ4n) is 1.98. The third-order valence-corrected chi connectivity index (χ3v) is 3.69. The molecule has 0 aliphatic rings. The van der Waals surface area contributed by atoms with E-state index in [0.717, 1.165) is 24.6 Å². The van der Waals surface area contributed by atoms with Crippen LogP contribution < -0.4 is 10.2 Å². The third-order valence-electron chi connectivity index (χ3n) is 3.05. The van der Waals surface area contributed by atoms with Crippen molar-refractivity contribution in [3.05, 3.63) is 40.5 Å². The molecule has 2 heterocycles. The van der Waals surface area contributed by atoms with Crippen LogP contribution in [0.5, 0.6) is 0 Å². The second-order valence-electron chi connectivity index (χ2n) is 4.56.